The Balaban J connectivity index is 2.23. The molecule has 0 fully saturated rings. The molecule has 0 unspecified atom stereocenters. The third-order valence-corrected chi connectivity index (χ3v) is 4.07. The van der Waals surface area contributed by atoms with Gasteiger partial charge < -0.3 is 4.74 Å². The van der Waals surface area contributed by atoms with Crippen molar-refractivity contribution in [3.8, 4) is 0 Å². The van der Waals surface area contributed by atoms with Crippen LogP contribution in [0.15, 0.2) is 35.6 Å². The highest BCUT2D eigenvalue weighted by molar-refractivity contribution is 5.35. The number of halogens is 6. The highest BCUT2D eigenvalue weighted by Gasteiger charge is 2.62. The van der Waals surface area contributed by atoms with Gasteiger partial charge in [0, 0.05) is 11.1 Å². The van der Waals surface area contributed by atoms with E-state index in [0.29, 0.717) is 12.8 Å². The van der Waals surface area contributed by atoms with E-state index in [1.807, 2.05) is 0 Å². The average Bonchev–Trinajstić information content (AvgIpc) is 2.55. The molecule has 0 radical (unpaired) electrons. The van der Waals surface area contributed by atoms with Crippen molar-refractivity contribution in [3.63, 3.8) is 0 Å². The van der Waals surface area contributed by atoms with Crippen LogP contribution < -0.4 is 0 Å². The van der Waals surface area contributed by atoms with Gasteiger partial charge in [0.1, 0.15) is 6.61 Å². The maximum atomic E-state index is 14.0. The zero-order chi connectivity index (χ0) is 18.8. The highest BCUT2D eigenvalue weighted by atomic mass is 19.3. The largest absolute Gasteiger partial charge is 0.487 e. The smallest absolute Gasteiger partial charge is 0.369 e. The molecule has 0 amide bonds. The summed E-state index contributed by atoms with van der Waals surface area (Å²) in [6, 6.07) is 2.54. The van der Waals surface area contributed by atoms with Crippen molar-refractivity contribution in [1.29, 1.82) is 0 Å². The lowest BCUT2D eigenvalue weighted by Crippen LogP contribution is -2.45. The molecule has 1 aromatic rings. The molecule has 1 nitrogen and oxygen atoms in total. The summed E-state index contributed by atoms with van der Waals surface area (Å²) in [5, 5.41) is 0. The Morgan fingerprint density at radius 1 is 0.880 bits per heavy atom. The van der Waals surface area contributed by atoms with Gasteiger partial charge in [0.2, 0.25) is 0 Å². The SMILES string of the molecule is CCCc1ccc(COC2=CC=C(CC)C(F)(F)C2(F)F)c(F)c1F. The van der Waals surface area contributed by atoms with Gasteiger partial charge >= 0.3 is 11.8 Å². The molecule has 0 saturated carbocycles. The molecule has 2 rings (SSSR count). The number of ether oxygens (including phenoxy) is 1. The van der Waals surface area contributed by atoms with Crippen LogP contribution in [0.3, 0.4) is 0 Å². The van der Waals surface area contributed by atoms with Gasteiger partial charge in [-0.15, -0.1) is 0 Å². The molecule has 0 N–H and O–H groups in total. The maximum absolute atomic E-state index is 14.0. The summed E-state index contributed by atoms with van der Waals surface area (Å²) < 4.78 is 88.2. The van der Waals surface area contributed by atoms with Crippen LogP contribution in [0.25, 0.3) is 0 Å². The molecular weight excluding hydrogens is 346 g/mol. The minimum absolute atomic E-state index is 0.160. The van der Waals surface area contributed by atoms with Crippen LogP contribution in [-0.2, 0) is 17.8 Å². The second-order valence-electron chi connectivity index (χ2n) is 5.78. The molecule has 0 aliphatic heterocycles. The summed E-state index contributed by atoms with van der Waals surface area (Å²) >= 11 is 0. The lowest BCUT2D eigenvalue weighted by Gasteiger charge is -2.32. The average molecular weight is 364 g/mol. The molecule has 0 saturated heterocycles. The van der Waals surface area contributed by atoms with Crippen molar-refractivity contribution in [2.24, 2.45) is 0 Å². The van der Waals surface area contributed by atoms with Crippen LogP contribution in [0.1, 0.15) is 37.8 Å². The first-order valence-corrected chi connectivity index (χ1v) is 7.92. The summed E-state index contributed by atoms with van der Waals surface area (Å²) in [4.78, 5) is 0. The highest BCUT2D eigenvalue weighted by Crippen LogP contribution is 2.48. The second kappa shape index (κ2) is 7.14. The van der Waals surface area contributed by atoms with Crippen LogP contribution in [0.2, 0.25) is 0 Å². The Hall–Kier alpha value is -1.92. The van der Waals surface area contributed by atoms with Gasteiger partial charge in [-0.2, -0.15) is 17.6 Å². The first kappa shape index (κ1) is 19.4. The summed E-state index contributed by atoms with van der Waals surface area (Å²) in [6.07, 6.45) is 2.30. The van der Waals surface area contributed by atoms with Crippen molar-refractivity contribution in [3.05, 3.63) is 58.4 Å². The van der Waals surface area contributed by atoms with E-state index in [0.717, 1.165) is 12.2 Å². The quantitative estimate of drug-likeness (QED) is 0.568. The van der Waals surface area contributed by atoms with Gasteiger partial charge in [0.05, 0.1) is 0 Å². The molecule has 138 valence electrons. The Kier molecular flexibility index (Phi) is 5.54. The van der Waals surface area contributed by atoms with E-state index in [2.05, 4.69) is 0 Å². The van der Waals surface area contributed by atoms with Gasteiger partial charge in [0.25, 0.3) is 0 Å². The minimum atomic E-state index is -4.55. The predicted octanol–water partition coefficient (Wildman–Crippen LogP) is 5.94. The fourth-order valence-electron chi connectivity index (χ4n) is 2.58. The molecule has 1 aliphatic carbocycles. The summed E-state index contributed by atoms with van der Waals surface area (Å²) in [5.74, 6) is -12.5. The van der Waals surface area contributed by atoms with Gasteiger partial charge in [-0.05, 0) is 24.5 Å². The first-order chi connectivity index (χ1) is 11.7. The molecule has 0 atom stereocenters. The van der Waals surface area contributed by atoms with E-state index in [-0.39, 0.29) is 17.5 Å². The van der Waals surface area contributed by atoms with E-state index < -0.39 is 41.4 Å². The van der Waals surface area contributed by atoms with Crippen LogP contribution >= 0.6 is 0 Å². The van der Waals surface area contributed by atoms with E-state index in [1.54, 1.807) is 6.92 Å². The zero-order valence-corrected chi connectivity index (χ0v) is 13.8. The Morgan fingerprint density at radius 3 is 2.08 bits per heavy atom. The fourth-order valence-corrected chi connectivity index (χ4v) is 2.58. The molecule has 1 aliphatic rings. The third-order valence-electron chi connectivity index (χ3n) is 4.07. The standard InChI is InChI=1S/C18H18F6O/c1-3-5-11-6-7-12(16(20)15(11)19)10-25-14-9-8-13(4-2)17(21,22)18(14,23)24/h6-9H,3-5,10H2,1-2H3. The topological polar surface area (TPSA) is 9.23 Å². The minimum Gasteiger partial charge on any atom is -0.487 e. The van der Waals surface area contributed by atoms with Crippen molar-refractivity contribution >= 4 is 0 Å². The van der Waals surface area contributed by atoms with E-state index in [1.165, 1.54) is 19.1 Å². The van der Waals surface area contributed by atoms with Crippen molar-refractivity contribution < 1.29 is 31.1 Å². The molecule has 1 aromatic carbocycles. The van der Waals surface area contributed by atoms with E-state index in [4.69, 9.17) is 4.74 Å². The Morgan fingerprint density at radius 2 is 1.48 bits per heavy atom. The Labute approximate surface area is 142 Å². The van der Waals surface area contributed by atoms with Crippen LogP contribution in [-0.4, -0.2) is 11.8 Å². The number of rotatable bonds is 6. The maximum Gasteiger partial charge on any atom is 0.369 e. The van der Waals surface area contributed by atoms with E-state index >= 15 is 0 Å². The van der Waals surface area contributed by atoms with Crippen molar-refractivity contribution in [2.45, 2.75) is 51.6 Å². The summed E-state index contributed by atoms with van der Waals surface area (Å²) in [5.41, 5.74) is -0.873. The lowest BCUT2D eigenvalue weighted by molar-refractivity contribution is -0.187. The molecule has 0 aromatic heterocycles. The van der Waals surface area contributed by atoms with Crippen LogP contribution in [0, 0.1) is 11.6 Å². The van der Waals surface area contributed by atoms with Crippen molar-refractivity contribution in [2.75, 3.05) is 0 Å². The lowest BCUT2D eigenvalue weighted by atomic mass is 9.93. The van der Waals surface area contributed by atoms with Crippen LogP contribution in [0.4, 0.5) is 26.3 Å². The monoisotopic (exact) mass is 364 g/mol. The predicted molar refractivity (Wildman–Crippen MR) is 81.5 cm³/mol. The zero-order valence-electron chi connectivity index (χ0n) is 13.8. The first-order valence-electron chi connectivity index (χ1n) is 7.92. The van der Waals surface area contributed by atoms with Gasteiger partial charge in [0.15, 0.2) is 17.4 Å². The molecular formula is C18H18F6O. The number of allylic oxidation sites excluding steroid dienone is 4. The summed E-state index contributed by atoms with van der Waals surface area (Å²) in [7, 11) is 0. The normalized spacial score (nSPS) is 18.6. The fraction of sp³-hybridized carbons (Fsp3) is 0.444. The van der Waals surface area contributed by atoms with Crippen LogP contribution in [0.5, 0.6) is 0 Å². The molecule has 0 bridgehead atoms. The van der Waals surface area contributed by atoms with E-state index in [9.17, 15) is 26.3 Å². The van der Waals surface area contributed by atoms with Gasteiger partial charge in [-0.25, -0.2) is 8.78 Å². The number of alkyl halides is 4. The van der Waals surface area contributed by atoms with Gasteiger partial charge in [-0.3, -0.25) is 0 Å². The third kappa shape index (κ3) is 3.41. The van der Waals surface area contributed by atoms with Crippen molar-refractivity contribution in [1.82, 2.24) is 0 Å². The number of hydrogen-bond acceptors (Lipinski definition) is 1. The summed E-state index contributed by atoms with van der Waals surface area (Å²) in [6.45, 7) is 2.36. The Bertz CT molecular complexity index is 706. The number of hydrogen-bond donors (Lipinski definition) is 0. The number of aryl methyl sites for hydroxylation is 1. The molecule has 7 heteroatoms. The second-order valence-corrected chi connectivity index (χ2v) is 5.78. The molecule has 0 spiro atoms. The molecule has 0 heterocycles. The van der Waals surface area contributed by atoms with Gasteiger partial charge in [-0.1, -0.05) is 38.5 Å². The molecule has 25 heavy (non-hydrogen) atoms. The number of benzene rings is 1.